The Hall–Kier alpha value is -0.710. The minimum absolute atomic E-state index is 0.184. The Bertz CT molecular complexity index is 266. The molecule has 0 heterocycles. The summed E-state index contributed by atoms with van der Waals surface area (Å²) in [6.45, 7) is 3.97. The Morgan fingerprint density at radius 3 is 2.33 bits per heavy atom. The molecule has 0 amide bonds. The van der Waals surface area contributed by atoms with Crippen LogP contribution in [0.15, 0.2) is 10.8 Å². The number of nitrogens with two attached hydrogens (primary N) is 1. The summed E-state index contributed by atoms with van der Waals surface area (Å²) >= 11 is 0. The predicted octanol–water partition coefficient (Wildman–Crippen LogP) is 0.605. The molecule has 0 aliphatic rings. The van der Waals surface area contributed by atoms with Crippen LogP contribution in [-0.4, -0.2) is 21.3 Å². The SMILES string of the molecule is CCCO/C(C)=C(\N)S(C)(=O)=O. The van der Waals surface area contributed by atoms with Crippen LogP contribution in [0.1, 0.15) is 20.3 Å². The van der Waals surface area contributed by atoms with Crippen LogP contribution in [0.4, 0.5) is 0 Å². The Balaban J connectivity index is 4.48. The normalized spacial score (nSPS) is 13.9. The Labute approximate surface area is 73.3 Å². The molecule has 0 aromatic heterocycles. The summed E-state index contributed by atoms with van der Waals surface area (Å²) in [6, 6.07) is 0. The Kier molecular flexibility index (Phi) is 4.09. The van der Waals surface area contributed by atoms with Crippen LogP contribution < -0.4 is 5.73 Å². The van der Waals surface area contributed by atoms with Crippen LogP contribution in [0, 0.1) is 0 Å². The van der Waals surface area contributed by atoms with Gasteiger partial charge in [-0.15, -0.1) is 0 Å². The molecule has 0 aliphatic carbocycles. The van der Waals surface area contributed by atoms with Crippen LogP contribution in [0.5, 0.6) is 0 Å². The molecule has 0 bridgehead atoms. The fourth-order valence-electron chi connectivity index (χ4n) is 0.587. The number of hydrogen-bond acceptors (Lipinski definition) is 4. The highest BCUT2D eigenvalue weighted by molar-refractivity contribution is 7.94. The second kappa shape index (κ2) is 4.35. The second-order valence-corrected chi connectivity index (χ2v) is 4.53. The number of ether oxygens (including phenoxy) is 1. The highest BCUT2D eigenvalue weighted by atomic mass is 32.2. The first kappa shape index (κ1) is 11.3. The first-order chi connectivity index (χ1) is 5.39. The lowest BCUT2D eigenvalue weighted by atomic mass is 10.5. The van der Waals surface area contributed by atoms with Crippen molar-refractivity contribution in [1.82, 2.24) is 0 Å². The molecule has 0 saturated heterocycles. The van der Waals surface area contributed by atoms with Gasteiger partial charge in [0.15, 0.2) is 14.9 Å². The molecule has 12 heavy (non-hydrogen) atoms. The molecule has 0 aliphatic heterocycles. The van der Waals surface area contributed by atoms with Gasteiger partial charge in [0.1, 0.15) is 5.76 Å². The van der Waals surface area contributed by atoms with Gasteiger partial charge in [0, 0.05) is 6.26 Å². The summed E-state index contributed by atoms with van der Waals surface area (Å²) < 4.78 is 26.8. The molecule has 0 saturated carbocycles. The molecule has 0 radical (unpaired) electrons. The first-order valence-electron chi connectivity index (χ1n) is 3.68. The van der Waals surface area contributed by atoms with Gasteiger partial charge in [-0.3, -0.25) is 0 Å². The van der Waals surface area contributed by atoms with Gasteiger partial charge in [-0.25, -0.2) is 8.42 Å². The van der Waals surface area contributed by atoms with E-state index in [4.69, 9.17) is 10.5 Å². The third-order valence-corrected chi connectivity index (χ3v) is 2.36. The van der Waals surface area contributed by atoms with E-state index in [-0.39, 0.29) is 10.8 Å². The van der Waals surface area contributed by atoms with Crippen molar-refractivity contribution in [2.24, 2.45) is 5.73 Å². The van der Waals surface area contributed by atoms with E-state index in [2.05, 4.69) is 0 Å². The van der Waals surface area contributed by atoms with Crippen molar-refractivity contribution in [3.63, 3.8) is 0 Å². The van der Waals surface area contributed by atoms with E-state index in [0.717, 1.165) is 12.7 Å². The van der Waals surface area contributed by atoms with Crippen molar-refractivity contribution in [3.05, 3.63) is 10.8 Å². The van der Waals surface area contributed by atoms with Crippen molar-refractivity contribution in [2.75, 3.05) is 12.9 Å². The van der Waals surface area contributed by atoms with Gasteiger partial charge in [-0.05, 0) is 13.3 Å². The number of hydrogen-bond donors (Lipinski definition) is 1. The molecule has 5 heteroatoms. The minimum Gasteiger partial charge on any atom is -0.495 e. The molecule has 0 aromatic carbocycles. The van der Waals surface area contributed by atoms with Crippen LogP contribution in [0.2, 0.25) is 0 Å². The molecule has 0 unspecified atom stereocenters. The molecule has 0 fully saturated rings. The van der Waals surface area contributed by atoms with Crippen molar-refractivity contribution >= 4 is 9.84 Å². The highest BCUT2D eigenvalue weighted by Gasteiger charge is 2.10. The van der Waals surface area contributed by atoms with Crippen LogP contribution in [-0.2, 0) is 14.6 Å². The summed E-state index contributed by atoms with van der Waals surface area (Å²) in [4.78, 5) is 0. The van der Waals surface area contributed by atoms with E-state index in [1.165, 1.54) is 0 Å². The van der Waals surface area contributed by atoms with Crippen LogP contribution in [0.3, 0.4) is 0 Å². The van der Waals surface area contributed by atoms with E-state index in [1.54, 1.807) is 6.92 Å². The zero-order chi connectivity index (χ0) is 9.78. The largest absolute Gasteiger partial charge is 0.495 e. The highest BCUT2D eigenvalue weighted by Crippen LogP contribution is 2.06. The summed E-state index contributed by atoms with van der Waals surface area (Å²) in [5.74, 6) is 0.277. The fraction of sp³-hybridized carbons (Fsp3) is 0.714. The summed E-state index contributed by atoms with van der Waals surface area (Å²) in [7, 11) is -3.30. The number of allylic oxidation sites excluding steroid dienone is 1. The maximum absolute atomic E-state index is 10.9. The maximum Gasteiger partial charge on any atom is 0.193 e. The first-order valence-corrected chi connectivity index (χ1v) is 5.58. The number of rotatable bonds is 4. The quantitative estimate of drug-likeness (QED) is 0.664. The van der Waals surface area contributed by atoms with Gasteiger partial charge in [0.25, 0.3) is 0 Å². The smallest absolute Gasteiger partial charge is 0.193 e. The van der Waals surface area contributed by atoms with Gasteiger partial charge in [0.2, 0.25) is 0 Å². The summed E-state index contributed by atoms with van der Waals surface area (Å²) in [5, 5.41) is -0.184. The van der Waals surface area contributed by atoms with Gasteiger partial charge < -0.3 is 10.5 Å². The zero-order valence-corrected chi connectivity index (χ0v) is 8.44. The minimum atomic E-state index is -3.30. The van der Waals surface area contributed by atoms with Crippen LogP contribution >= 0.6 is 0 Å². The van der Waals surface area contributed by atoms with Crippen molar-refractivity contribution in [3.8, 4) is 0 Å². The lowest BCUT2D eigenvalue weighted by molar-refractivity contribution is 0.212. The Morgan fingerprint density at radius 1 is 1.50 bits per heavy atom. The average molecular weight is 193 g/mol. The molecule has 4 nitrogen and oxygen atoms in total. The topological polar surface area (TPSA) is 69.4 Å². The molecule has 0 atom stereocenters. The molecule has 0 spiro atoms. The van der Waals surface area contributed by atoms with E-state index in [9.17, 15) is 8.42 Å². The third-order valence-electron chi connectivity index (χ3n) is 1.27. The van der Waals surface area contributed by atoms with Crippen molar-refractivity contribution < 1.29 is 13.2 Å². The molecular formula is C7H15NO3S. The lowest BCUT2D eigenvalue weighted by Gasteiger charge is -2.06. The summed E-state index contributed by atoms with van der Waals surface area (Å²) in [6.07, 6.45) is 1.88. The van der Waals surface area contributed by atoms with E-state index < -0.39 is 9.84 Å². The monoisotopic (exact) mass is 193 g/mol. The van der Waals surface area contributed by atoms with Crippen molar-refractivity contribution in [2.45, 2.75) is 20.3 Å². The van der Waals surface area contributed by atoms with Gasteiger partial charge in [-0.2, -0.15) is 0 Å². The predicted molar refractivity (Wildman–Crippen MR) is 48.0 cm³/mol. The third kappa shape index (κ3) is 3.61. The average Bonchev–Trinajstić information content (AvgIpc) is 1.97. The van der Waals surface area contributed by atoms with Gasteiger partial charge in [-0.1, -0.05) is 6.92 Å². The van der Waals surface area contributed by atoms with E-state index in [1.807, 2.05) is 6.92 Å². The second-order valence-electron chi connectivity index (χ2n) is 2.54. The number of sulfone groups is 1. The maximum atomic E-state index is 10.9. The lowest BCUT2D eigenvalue weighted by Crippen LogP contribution is -2.13. The molecular weight excluding hydrogens is 178 g/mol. The summed E-state index contributed by atoms with van der Waals surface area (Å²) in [5.41, 5.74) is 5.30. The Morgan fingerprint density at radius 2 is 2.00 bits per heavy atom. The van der Waals surface area contributed by atoms with E-state index >= 15 is 0 Å². The van der Waals surface area contributed by atoms with Crippen LogP contribution in [0.25, 0.3) is 0 Å². The fourth-order valence-corrected chi connectivity index (χ4v) is 1.17. The molecule has 0 aromatic rings. The molecule has 72 valence electrons. The van der Waals surface area contributed by atoms with E-state index in [0.29, 0.717) is 6.61 Å². The zero-order valence-electron chi connectivity index (χ0n) is 7.62. The van der Waals surface area contributed by atoms with Gasteiger partial charge in [0.05, 0.1) is 6.61 Å². The van der Waals surface area contributed by atoms with Gasteiger partial charge >= 0.3 is 0 Å². The van der Waals surface area contributed by atoms with Crippen molar-refractivity contribution in [1.29, 1.82) is 0 Å². The molecule has 2 N–H and O–H groups in total. The molecule has 0 rings (SSSR count). The standard InChI is InChI=1S/C7H15NO3S/c1-4-5-11-6(2)7(8)12(3,9)10/h4-5,8H2,1-3H3/b7-6+.